The second-order valence-electron chi connectivity index (χ2n) is 11.5. The zero-order valence-electron chi connectivity index (χ0n) is 24.2. The van der Waals surface area contributed by atoms with E-state index in [0.717, 1.165) is 37.6 Å². The maximum absolute atomic E-state index is 9.85. The number of hydrogen-bond acceptors (Lipinski definition) is 4. The SMILES string of the molecule is C=CC[C@H]1CC(C)=C[C@@H]2N[C@H]12.C=CC[C@H]1CC(C)=C[C@H](N=[N+]=[N-])[C@H]1C.C=CC[C@H]1CC(C)=C[C@H](N=[N+]=[N-])[C@H]1O. The summed E-state index contributed by atoms with van der Waals surface area (Å²) in [5.74, 6) is 1.95. The Labute approximate surface area is 234 Å². The van der Waals surface area contributed by atoms with Gasteiger partial charge in [0.15, 0.2) is 0 Å². The molecule has 0 spiro atoms. The van der Waals surface area contributed by atoms with E-state index in [1.807, 2.05) is 25.2 Å². The third-order valence-corrected chi connectivity index (χ3v) is 8.19. The molecule has 9 atom stereocenters. The van der Waals surface area contributed by atoms with Crippen LogP contribution in [-0.2, 0) is 0 Å². The van der Waals surface area contributed by atoms with Crippen molar-refractivity contribution in [2.24, 2.45) is 33.9 Å². The van der Waals surface area contributed by atoms with E-state index in [4.69, 9.17) is 11.1 Å². The van der Waals surface area contributed by atoms with Crippen molar-refractivity contribution in [1.29, 1.82) is 0 Å². The Morgan fingerprint density at radius 2 is 1.28 bits per heavy atom. The molecule has 0 amide bonds. The highest BCUT2D eigenvalue weighted by molar-refractivity contribution is 5.24. The van der Waals surface area contributed by atoms with Gasteiger partial charge in [-0.05, 0) is 94.0 Å². The van der Waals surface area contributed by atoms with Gasteiger partial charge in [-0.25, -0.2) is 0 Å². The van der Waals surface area contributed by atoms with Gasteiger partial charge in [-0.2, -0.15) is 0 Å². The van der Waals surface area contributed by atoms with Crippen LogP contribution in [0.5, 0.6) is 0 Å². The Kier molecular flexibility index (Phi) is 13.3. The second-order valence-corrected chi connectivity index (χ2v) is 11.5. The van der Waals surface area contributed by atoms with Crippen LogP contribution in [0.25, 0.3) is 20.9 Å². The van der Waals surface area contributed by atoms with Crippen LogP contribution in [0.3, 0.4) is 0 Å². The number of allylic oxidation sites excluding steroid dienone is 6. The van der Waals surface area contributed by atoms with Crippen molar-refractivity contribution in [2.45, 2.75) is 96.5 Å². The fraction of sp³-hybridized carbons (Fsp3) is 0.613. The van der Waals surface area contributed by atoms with Crippen LogP contribution in [0.1, 0.15) is 66.2 Å². The van der Waals surface area contributed by atoms with Crippen molar-refractivity contribution < 1.29 is 5.11 Å². The summed E-state index contributed by atoms with van der Waals surface area (Å²) in [6.07, 6.45) is 17.6. The highest BCUT2D eigenvalue weighted by atomic mass is 16.3. The number of fused-ring (bicyclic) bond motifs is 1. The summed E-state index contributed by atoms with van der Waals surface area (Å²) in [6.45, 7) is 19.7. The van der Waals surface area contributed by atoms with Gasteiger partial charge in [0.2, 0.25) is 0 Å². The van der Waals surface area contributed by atoms with E-state index in [0.29, 0.717) is 17.9 Å². The Bertz CT molecular complexity index is 987. The van der Waals surface area contributed by atoms with Gasteiger partial charge in [0.1, 0.15) is 0 Å². The number of nitrogens with one attached hydrogen (secondary N) is 1. The van der Waals surface area contributed by atoms with Crippen molar-refractivity contribution >= 4 is 0 Å². The predicted molar refractivity (Wildman–Crippen MR) is 162 cm³/mol. The van der Waals surface area contributed by atoms with Gasteiger partial charge in [-0.15, -0.1) is 19.7 Å². The molecule has 1 heterocycles. The molecular formula is C31H47N7O. The quantitative estimate of drug-likeness (QED) is 0.106. The molecule has 3 aliphatic carbocycles. The van der Waals surface area contributed by atoms with Gasteiger partial charge in [-0.1, -0.05) is 70.3 Å². The van der Waals surface area contributed by atoms with Crippen molar-refractivity contribution in [2.75, 3.05) is 0 Å². The molecule has 0 aromatic carbocycles. The van der Waals surface area contributed by atoms with E-state index in [1.165, 1.54) is 24.0 Å². The van der Waals surface area contributed by atoms with E-state index in [-0.39, 0.29) is 12.0 Å². The molecule has 0 unspecified atom stereocenters. The zero-order chi connectivity index (χ0) is 28.9. The molecule has 4 aliphatic rings. The van der Waals surface area contributed by atoms with Gasteiger partial charge < -0.3 is 10.4 Å². The Morgan fingerprint density at radius 3 is 1.87 bits per heavy atom. The molecule has 39 heavy (non-hydrogen) atoms. The monoisotopic (exact) mass is 533 g/mol. The van der Waals surface area contributed by atoms with Crippen molar-refractivity contribution in [3.8, 4) is 0 Å². The number of nitrogens with zero attached hydrogens (tertiary/aromatic N) is 6. The van der Waals surface area contributed by atoms with E-state index >= 15 is 0 Å². The first-order chi connectivity index (χ1) is 18.7. The average molecular weight is 534 g/mol. The van der Waals surface area contributed by atoms with E-state index in [9.17, 15) is 5.11 Å². The smallest absolute Gasteiger partial charge is 0.0820 e. The molecule has 1 saturated heterocycles. The van der Waals surface area contributed by atoms with E-state index in [2.05, 4.69) is 78.0 Å². The Morgan fingerprint density at radius 1 is 0.821 bits per heavy atom. The van der Waals surface area contributed by atoms with Crippen LogP contribution in [0.4, 0.5) is 0 Å². The van der Waals surface area contributed by atoms with Crippen LogP contribution < -0.4 is 5.32 Å². The molecular weight excluding hydrogens is 486 g/mol. The van der Waals surface area contributed by atoms with Crippen molar-refractivity contribution in [3.05, 3.63) is 93.8 Å². The van der Waals surface area contributed by atoms with Crippen molar-refractivity contribution in [3.63, 3.8) is 0 Å². The lowest BCUT2D eigenvalue weighted by Crippen LogP contribution is -2.34. The molecule has 0 saturated carbocycles. The van der Waals surface area contributed by atoms with Gasteiger partial charge in [0, 0.05) is 21.9 Å². The van der Waals surface area contributed by atoms with Gasteiger partial charge >= 0.3 is 0 Å². The molecule has 4 rings (SSSR count). The molecule has 0 aromatic heterocycles. The lowest BCUT2D eigenvalue weighted by atomic mass is 9.77. The molecule has 0 bridgehead atoms. The van der Waals surface area contributed by atoms with Crippen LogP contribution in [0.2, 0.25) is 0 Å². The molecule has 0 aromatic rings. The van der Waals surface area contributed by atoms with Gasteiger partial charge in [-0.3, -0.25) is 0 Å². The lowest BCUT2D eigenvalue weighted by Gasteiger charge is -2.31. The Balaban J connectivity index is 0.000000206. The fourth-order valence-corrected chi connectivity index (χ4v) is 6.08. The van der Waals surface area contributed by atoms with Gasteiger partial charge in [0.05, 0.1) is 18.2 Å². The lowest BCUT2D eigenvalue weighted by molar-refractivity contribution is 0.0894. The topological polar surface area (TPSA) is 140 Å². The van der Waals surface area contributed by atoms with Crippen LogP contribution in [0.15, 0.2) is 83.1 Å². The van der Waals surface area contributed by atoms with Crippen molar-refractivity contribution in [1.82, 2.24) is 5.32 Å². The zero-order valence-corrected chi connectivity index (χ0v) is 24.2. The highest BCUT2D eigenvalue weighted by Crippen LogP contribution is 2.35. The van der Waals surface area contributed by atoms with Crippen LogP contribution in [-0.4, -0.2) is 35.4 Å². The molecule has 8 nitrogen and oxygen atoms in total. The van der Waals surface area contributed by atoms with Crippen LogP contribution >= 0.6 is 0 Å². The minimum Gasteiger partial charge on any atom is -0.392 e. The summed E-state index contributed by atoms with van der Waals surface area (Å²) in [7, 11) is 0. The summed E-state index contributed by atoms with van der Waals surface area (Å²) >= 11 is 0. The van der Waals surface area contributed by atoms with E-state index < -0.39 is 12.1 Å². The number of azide groups is 2. The maximum Gasteiger partial charge on any atom is 0.0820 e. The normalized spacial score (nSPS) is 34.2. The minimum absolute atomic E-state index is 0.0266. The standard InChI is InChI=1S/C11H17N3.C10H15N3O.C10H15N/c1-4-5-10-6-8(2)7-11(9(10)3)13-14-12;1-3-4-8-5-7(2)6-9(10(8)14)12-13-11;1-3-4-8-5-7(2)6-9-10(8)11-9/h4,7,9-11H,1,5-6H2,2-3H3;3,6,8-10,14H,1,4-5H2,2H3;3,6,8-11H,1,4-5H2,2H3/t9-,10-,11-;8-,9-,10-;8-,9-,10+/m000/s1. The molecule has 8 heteroatoms. The largest absolute Gasteiger partial charge is 0.392 e. The first-order valence-electron chi connectivity index (χ1n) is 14.1. The maximum atomic E-state index is 9.85. The number of aliphatic hydroxyl groups excluding tert-OH is 1. The predicted octanol–water partition coefficient (Wildman–Crippen LogP) is 8.28. The molecule has 212 valence electrons. The number of hydrogen-bond donors (Lipinski definition) is 2. The first kappa shape index (κ1) is 32.2. The average Bonchev–Trinajstić information content (AvgIpc) is 3.66. The molecule has 2 N–H and O–H groups in total. The second kappa shape index (κ2) is 16.2. The summed E-state index contributed by atoms with van der Waals surface area (Å²) < 4.78 is 0. The number of rotatable bonds is 8. The first-order valence-corrected chi connectivity index (χ1v) is 14.1. The number of aliphatic hydroxyl groups is 1. The van der Waals surface area contributed by atoms with Crippen LogP contribution in [0, 0.1) is 23.7 Å². The summed E-state index contributed by atoms with van der Waals surface area (Å²) in [5.41, 5.74) is 20.8. The Hall–Kier alpha value is -3.02. The fourth-order valence-electron chi connectivity index (χ4n) is 6.08. The highest BCUT2D eigenvalue weighted by Gasteiger charge is 2.42. The molecule has 0 radical (unpaired) electrons. The van der Waals surface area contributed by atoms with Gasteiger partial charge in [0.25, 0.3) is 0 Å². The summed E-state index contributed by atoms with van der Waals surface area (Å²) in [5, 5.41) is 20.7. The third-order valence-electron chi connectivity index (χ3n) is 8.19. The van der Waals surface area contributed by atoms with E-state index in [1.54, 1.807) is 11.6 Å². The third kappa shape index (κ3) is 9.90. The minimum atomic E-state index is -0.576. The summed E-state index contributed by atoms with van der Waals surface area (Å²) in [6, 6.07) is 1.09. The molecule has 1 aliphatic heterocycles. The summed E-state index contributed by atoms with van der Waals surface area (Å²) in [4.78, 5) is 5.63. The molecule has 1 fully saturated rings.